The molecule has 0 atom stereocenters. The van der Waals surface area contributed by atoms with E-state index < -0.39 is 32.6 Å². The number of halogens is 1. The van der Waals surface area contributed by atoms with Crippen molar-refractivity contribution < 1.29 is 13.2 Å². The van der Waals surface area contributed by atoms with Gasteiger partial charge in [0.2, 0.25) is 0 Å². The van der Waals surface area contributed by atoms with Gasteiger partial charge in [0.1, 0.15) is 9.96 Å². The van der Waals surface area contributed by atoms with Gasteiger partial charge < -0.3 is 10.3 Å². The minimum atomic E-state index is -3.76. The van der Waals surface area contributed by atoms with Crippen LogP contribution in [0.25, 0.3) is 16.6 Å². The number of benzene rings is 2. The summed E-state index contributed by atoms with van der Waals surface area (Å²) >= 11 is 6.70. The summed E-state index contributed by atoms with van der Waals surface area (Å²) in [6.45, 7) is 2.65. The molecule has 2 N–H and O–H groups in total. The molecule has 0 aliphatic rings. The highest BCUT2D eigenvalue weighted by Crippen LogP contribution is 2.26. The fourth-order valence-corrected chi connectivity index (χ4v) is 6.37. The van der Waals surface area contributed by atoms with Gasteiger partial charge in [-0.3, -0.25) is 9.59 Å². The van der Waals surface area contributed by atoms with Crippen LogP contribution < -0.4 is 16.6 Å². The number of thiophene rings is 1. The maximum absolute atomic E-state index is 13.0. The minimum Gasteiger partial charge on any atom is -0.385 e. The van der Waals surface area contributed by atoms with Crippen LogP contribution in [0.15, 0.2) is 68.4 Å². The number of Topliss-reactive ketones (excluding diaryl/α,β-unsaturated/α-hetero) is 1. The molecular weight excluding hydrogens is 498 g/mol. The van der Waals surface area contributed by atoms with E-state index in [0.717, 1.165) is 21.6 Å². The Morgan fingerprint density at radius 2 is 1.82 bits per heavy atom. The number of hydrogen-bond acceptors (Lipinski definition) is 7. The van der Waals surface area contributed by atoms with Crippen LogP contribution in [0.5, 0.6) is 0 Å². The standard InChI is InChI=1S/C23H20ClN3O5S2/c1-2-25-15-5-8-18-19(12-15)26-23(30)27(22(18)29)16-6-3-14(4-7-16)11-17(28)13-34(31,32)21-10-9-20(24)33-21/h3-10,12,25H,2,11,13H2,1H3,(H,26,30). The van der Waals surface area contributed by atoms with E-state index in [0.29, 0.717) is 33.0 Å². The van der Waals surface area contributed by atoms with Crippen LogP contribution in [0.3, 0.4) is 0 Å². The van der Waals surface area contributed by atoms with Crippen molar-refractivity contribution in [3.63, 3.8) is 0 Å². The first kappa shape index (κ1) is 23.9. The summed E-state index contributed by atoms with van der Waals surface area (Å²) in [5, 5.41) is 3.49. The van der Waals surface area contributed by atoms with Gasteiger partial charge in [0.15, 0.2) is 15.6 Å². The number of aromatic nitrogens is 2. The normalized spacial score (nSPS) is 11.6. The largest absolute Gasteiger partial charge is 0.385 e. The molecule has 0 saturated heterocycles. The molecular formula is C23H20ClN3O5S2. The number of hydrogen-bond donors (Lipinski definition) is 2. The number of carbonyl (C=O) groups is 1. The van der Waals surface area contributed by atoms with Gasteiger partial charge in [-0.2, -0.15) is 0 Å². The molecule has 4 rings (SSSR count). The molecule has 34 heavy (non-hydrogen) atoms. The molecule has 8 nitrogen and oxygen atoms in total. The molecule has 0 bridgehead atoms. The third-order valence-corrected chi connectivity index (χ3v) is 8.57. The van der Waals surface area contributed by atoms with Crippen molar-refractivity contribution in [3.05, 3.63) is 85.3 Å². The summed E-state index contributed by atoms with van der Waals surface area (Å²) in [5.41, 5.74) is 1.07. The van der Waals surface area contributed by atoms with Gasteiger partial charge in [-0.25, -0.2) is 17.8 Å². The lowest BCUT2D eigenvalue weighted by Gasteiger charge is -2.09. The predicted octanol–water partition coefficient (Wildman–Crippen LogP) is 3.41. The Bertz CT molecular complexity index is 1600. The highest BCUT2D eigenvalue weighted by molar-refractivity contribution is 7.94. The van der Waals surface area contributed by atoms with E-state index in [2.05, 4.69) is 10.3 Å². The van der Waals surface area contributed by atoms with E-state index in [-0.39, 0.29) is 10.6 Å². The Morgan fingerprint density at radius 3 is 2.47 bits per heavy atom. The van der Waals surface area contributed by atoms with E-state index >= 15 is 0 Å². The number of carbonyl (C=O) groups excluding carboxylic acids is 1. The van der Waals surface area contributed by atoms with E-state index in [1.165, 1.54) is 12.1 Å². The van der Waals surface area contributed by atoms with E-state index in [1.807, 2.05) is 6.92 Å². The molecule has 0 aliphatic heterocycles. The number of aromatic amines is 1. The molecule has 0 fully saturated rings. The van der Waals surface area contributed by atoms with Crippen LogP contribution >= 0.6 is 22.9 Å². The fraction of sp³-hybridized carbons (Fsp3) is 0.174. The lowest BCUT2D eigenvalue weighted by Crippen LogP contribution is -2.33. The molecule has 0 radical (unpaired) electrons. The molecule has 176 valence electrons. The predicted molar refractivity (Wildman–Crippen MR) is 134 cm³/mol. The minimum absolute atomic E-state index is 0.0497. The van der Waals surface area contributed by atoms with Gasteiger partial charge in [-0.15, -0.1) is 11.3 Å². The molecule has 0 unspecified atom stereocenters. The Hall–Kier alpha value is -3.21. The Kier molecular flexibility index (Phi) is 6.74. The summed E-state index contributed by atoms with van der Waals surface area (Å²) in [6, 6.07) is 14.2. The van der Waals surface area contributed by atoms with Crippen molar-refractivity contribution in [2.75, 3.05) is 17.6 Å². The van der Waals surface area contributed by atoms with E-state index in [4.69, 9.17) is 11.6 Å². The zero-order chi connectivity index (χ0) is 24.5. The van der Waals surface area contributed by atoms with Gasteiger partial charge >= 0.3 is 5.69 Å². The Morgan fingerprint density at radius 1 is 1.09 bits per heavy atom. The van der Waals surface area contributed by atoms with Gasteiger partial charge in [0, 0.05) is 18.7 Å². The van der Waals surface area contributed by atoms with Crippen molar-refractivity contribution in [3.8, 4) is 5.69 Å². The van der Waals surface area contributed by atoms with Gasteiger partial charge in [-0.1, -0.05) is 23.7 Å². The first-order valence-electron chi connectivity index (χ1n) is 10.3. The van der Waals surface area contributed by atoms with Crippen molar-refractivity contribution in [1.29, 1.82) is 0 Å². The number of nitrogens with zero attached hydrogens (tertiary/aromatic N) is 1. The molecule has 0 amide bonds. The van der Waals surface area contributed by atoms with Crippen LogP contribution in [0.1, 0.15) is 12.5 Å². The lowest BCUT2D eigenvalue weighted by atomic mass is 10.1. The number of sulfone groups is 1. The monoisotopic (exact) mass is 517 g/mol. The number of ketones is 1. The first-order valence-corrected chi connectivity index (χ1v) is 13.1. The SMILES string of the molecule is CCNc1ccc2c(=O)n(-c3ccc(CC(=O)CS(=O)(=O)c4ccc(Cl)s4)cc3)c(=O)[nH]c2c1. The summed E-state index contributed by atoms with van der Waals surface area (Å²) in [5.74, 6) is -1.11. The number of rotatable bonds is 8. The zero-order valence-corrected chi connectivity index (χ0v) is 20.4. The number of anilines is 1. The number of H-pyrrole nitrogens is 1. The van der Waals surface area contributed by atoms with Crippen molar-refractivity contribution in [2.45, 2.75) is 17.6 Å². The highest BCUT2D eigenvalue weighted by Gasteiger charge is 2.21. The number of fused-ring (bicyclic) bond motifs is 1. The van der Waals surface area contributed by atoms with Crippen molar-refractivity contribution in [1.82, 2.24) is 9.55 Å². The molecule has 2 heterocycles. The van der Waals surface area contributed by atoms with Gasteiger partial charge in [0.05, 0.1) is 20.9 Å². The lowest BCUT2D eigenvalue weighted by molar-refractivity contribution is -0.116. The summed E-state index contributed by atoms with van der Waals surface area (Å²) < 4.78 is 26.2. The third kappa shape index (κ3) is 4.98. The van der Waals surface area contributed by atoms with E-state index in [1.54, 1.807) is 42.5 Å². The molecule has 4 aromatic rings. The second-order valence-electron chi connectivity index (χ2n) is 7.56. The van der Waals surface area contributed by atoms with Gasteiger partial charge in [-0.05, 0) is 55.0 Å². The summed E-state index contributed by atoms with van der Waals surface area (Å²) in [7, 11) is -3.76. The fourth-order valence-electron chi connectivity index (χ4n) is 3.56. The molecule has 11 heteroatoms. The summed E-state index contributed by atoms with van der Waals surface area (Å²) in [6.07, 6.45) is -0.102. The Balaban J connectivity index is 1.55. The van der Waals surface area contributed by atoms with E-state index in [9.17, 15) is 22.8 Å². The van der Waals surface area contributed by atoms with Crippen LogP contribution in [-0.2, 0) is 21.1 Å². The average Bonchev–Trinajstić information content (AvgIpc) is 3.22. The smallest absolute Gasteiger partial charge is 0.333 e. The second-order valence-corrected chi connectivity index (χ2v) is 11.5. The molecule has 0 saturated carbocycles. The highest BCUT2D eigenvalue weighted by atomic mass is 35.5. The maximum Gasteiger partial charge on any atom is 0.333 e. The molecule has 0 spiro atoms. The van der Waals surface area contributed by atoms with Crippen molar-refractivity contribution in [2.24, 2.45) is 0 Å². The van der Waals surface area contributed by atoms with Crippen LogP contribution in [0.4, 0.5) is 5.69 Å². The Labute approximate surface area is 203 Å². The first-order chi connectivity index (χ1) is 16.2. The van der Waals surface area contributed by atoms with Gasteiger partial charge in [0.25, 0.3) is 5.56 Å². The zero-order valence-electron chi connectivity index (χ0n) is 18.0. The topological polar surface area (TPSA) is 118 Å². The second kappa shape index (κ2) is 9.57. The van der Waals surface area contributed by atoms with Crippen LogP contribution in [-0.4, -0.2) is 36.0 Å². The molecule has 2 aromatic carbocycles. The van der Waals surface area contributed by atoms with Crippen LogP contribution in [0, 0.1) is 0 Å². The third-order valence-electron chi connectivity index (χ3n) is 5.08. The summed E-state index contributed by atoms with van der Waals surface area (Å²) in [4.78, 5) is 40.7. The molecule has 0 aliphatic carbocycles. The number of nitrogens with one attached hydrogen (secondary N) is 2. The quantitative estimate of drug-likeness (QED) is 0.370. The maximum atomic E-state index is 13.0. The average molecular weight is 518 g/mol. The molecule has 2 aromatic heterocycles. The van der Waals surface area contributed by atoms with Crippen molar-refractivity contribution >= 4 is 55.1 Å². The van der Waals surface area contributed by atoms with Crippen LogP contribution in [0.2, 0.25) is 4.34 Å².